The van der Waals surface area contributed by atoms with Gasteiger partial charge < -0.3 is 5.73 Å². The molecule has 0 aliphatic heterocycles. The molecular formula is C7H12N2. The first-order chi connectivity index (χ1) is 4.19. The quantitative estimate of drug-likeness (QED) is 0.524. The van der Waals surface area contributed by atoms with Crippen LogP contribution in [0.3, 0.4) is 0 Å². The van der Waals surface area contributed by atoms with Crippen molar-refractivity contribution in [2.75, 3.05) is 0 Å². The predicted octanol–water partition coefficient (Wildman–Crippen LogP) is 1.03. The number of hydrogen-bond acceptors (Lipinski definition) is 2. The lowest BCUT2D eigenvalue weighted by molar-refractivity contribution is 0.430. The van der Waals surface area contributed by atoms with Gasteiger partial charge in [0.25, 0.3) is 0 Å². The molecule has 0 spiro atoms. The fourth-order valence-electron chi connectivity index (χ4n) is 1.37. The predicted molar refractivity (Wildman–Crippen MR) is 35.5 cm³/mol. The molecule has 2 N–H and O–H groups in total. The molecule has 0 bridgehead atoms. The van der Waals surface area contributed by atoms with Crippen LogP contribution in [0.1, 0.15) is 26.2 Å². The topological polar surface area (TPSA) is 49.8 Å². The zero-order chi connectivity index (χ0) is 6.91. The van der Waals surface area contributed by atoms with Crippen molar-refractivity contribution in [2.24, 2.45) is 11.7 Å². The number of nitrogens with two attached hydrogens (primary N) is 1. The zero-order valence-electron chi connectivity index (χ0n) is 5.72. The van der Waals surface area contributed by atoms with Crippen molar-refractivity contribution in [3.05, 3.63) is 0 Å². The number of hydrogen-bond donors (Lipinski definition) is 1. The summed E-state index contributed by atoms with van der Waals surface area (Å²) >= 11 is 0. The van der Waals surface area contributed by atoms with Gasteiger partial charge in [-0.05, 0) is 18.8 Å². The number of nitrogens with zero attached hydrogens (tertiary/aromatic N) is 1. The molecule has 0 amide bonds. The minimum Gasteiger partial charge on any atom is -0.313 e. The Morgan fingerprint density at radius 1 is 1.78 bits per heavy atom. The van der Waals surface area contributed by atoms with Gasteiger partial charge in [0, 0.05) is 0 Å². The molecule has 50 valence electrons. The summed E-state index contributed by atoms with van der Waals surface area (Å²) in [5.41, 5.74) is 5.24. The van der Waals surface area contributed by atoms with Gasteiger partial charge in [0.2, 0.25) is 0 Å². The summed E-state index contributed by atoms with van der Waals surface area (Å²) in [4.78, 5) is 0. The number of nitriles is 1. The highest BCUT2D eigenvalue weighted by molar-refractivity contribution is 5.10. The Kier molecular flexibility index (Phi) is 1.46. The first kappa shape index (κ1) is 6.57. The minimum atomic E-state index is -0.500. The molecule has 0 aromatic carbocycles. The van der Waals surface area contributed by atoms with Gasteiger partial charge in [-0.3, -0.25) is 0 Å². The van der Waals surface area contributed by atoms with Gasteiger partial charge in [-0.25, -0.2) is 0 Å². The molecule has 0 heterocycles. The van der Waals surface area contributed by atoms with Gasteiger partial charge in [-0.2, -0.15) is 5.26 Å². The van der Waals surface area contributed by atoms with Crippen molar-refractivity contribution in [3.63, 3.8) is 0 Å². The highest BCUT2D eigenvalue weighted by Crippen LogP contribution is 2.32. The zero-order valence-corrected chi connectivity index (χ0v) is 5.72. The maximum absolute atomic E-state index is 8.62. The van der Waals surface area contributed by atoms with Gasteiger partial charge >= 0.3 is 0 Å². The van der Waals surface area contributed by atoms with Crippen LogP contribution in [0.5, 0.6) is 0 Å². The largest absolute Gasteiger partial charge is 0.313 e. The van der Waals surface area contributed by atoms with Crippen LogP contribution < -0.4 is 5.73 Å². The molecule has 0 aromatic rings. The van der Waals surface area contributed by atoms with Crippen LogP contribution in [-0.4, -0.2) is 5.54 Å². The van der Waals surface area contributed by atoms with E-state index in [0.29, 0.717) is 5.92 Å². The van der Waals surface area contributed by atoms with Crippen LogP contribution in [0.15, 0.2) is 0 Å². The van der Waals surface area contributed by atoms with Gasteiger partial charge in [-0.15, -0.1) is 0 Å². The SMILES string of the molecule is C[C@H]1CCC[C@@]1(N)C#N. The fourth-order valence-corrected chi connectivity index (χ4v) is 1.37. The van der Waals surface area contributed by atoms with E-state index in [4.69, 9.17) is 11.0 Å². The van der Waals surface area contributed by atoms with Crippen molar-refractivity contribution >= 4 is 0 Å². The van der Waals surface area contributed by atoms with Crippen LogP contribution in [0.2, 0.25) is 0 Å². The molecule has 1 aliphatic carbocycles. The first-order valence-corrected chi connectivity index (χ1v) is 3.39. The summed E-state index contributed by atoms with van der Waals surface area (Å²) in [7, 11) is 0. The molecule has 2 nitrogen and oxygen atoms in total. The molecular weight excluding hydrogens is 112 g/mol. The molecule has 2 atom stereocenters. The van der Waals surface area contributed by atoms with Gasteiger partial charge in [0.1, 0.15) is 5.54 Å². The summed E-state index contributed by atoms with van der Waals surface area (Å²) in [5.74, 6) is 0.391. The first-order valence-electron chi connectivity index (χ1n) is 3.39. The Morgan fingerprint density at radius 3 is 2.67 bits per heavy atom. The molecule has 2 heteroatoms. The Balaban J connectivity index is 2.70. The van der Waals surface area contributed by atoms with Crippen molar-refractivity contribution in [2.45, 2.75) is 31.7 Å². The number of rotatable bonds is 0. The smallest absolute Gasteiger partial charge is 0.106 e. The van der Waals surface area contributed by atoms with E-state index in [1.807, 2.05) is 0 Å². The van der Waals surface area contributed by atoms with Crippen molar-refractivity contribution < 1.29 is 0 Å². The average Bonchev–Trinajstić information content (AvgIpc) is 2.15. The highest BCUT2D eigenvalue weighted by atomic mass is 14.8. The Hall–Kier alpha value is -0.550. The van der Waals surface area contributed by atoms with E-state index in [1.165, 1.54) is 0 Å². The van der Waals surface area contributed by atoms with Gasteiger partial charge in [0.15, 0.2) is 0 Å². The van der Waals surface area contributed by atoms with Crippen LogP contribution in [0.25, 0.3) is 0 Å². The normalized spacial score (nSPS) is 42.6. The lowest BCUT2D eigenvalue weighted by atomic mass is 9.92. The van der Waals surface area contributed by atoms with E-state index in [2.05, 4.69) is 13.0 Å². The monoisotopic (exact) mass is 124 g/mol. The summed E-state index contributed by atoms with van der Waals surface area (Å²) in [6, 6.07) is 2.17. The van der Waals surface area contributed by atoms with Crippen molar-refractivity contribution in [3.8, 4) is 6.07 Å². The van der Waals surface area contributed by atoms with E-state index in [0.717, 1.165) is 19.3 Å². The molecule has 0 radical (unpaired) electrons. The molecule has 0 saturated heterocycles. The highest BCUT2D eigenvalue weighted by Gasteiger charge is 2.36. The maximum atomic E-state index is 8.62. The van der Waals surface area contributed by atoms with E-state index in [-0.39, 0.29) is 0 Å². The third-order valence-corrected chi connectivity index (χ3v) is 2.32. The second-order valence-electron chi connectivity index (χ2n) is 2.95. The summed E-state index contributed by atoms with van der Waals surface area (Å²) in [6.45, 7) is 2.05. The molecule has 1 saturated carbocycles. The molecule has 1 fully saturated rings. The van der Waals surface area contributed by atoms with E-state index < -0.39 is 5.54 Å². The second-order valence-corrected chi connectivity index (χ2v) is 2.95. The molecule has 1 rings (SSSR count). The Morgan fingerprint density at radius 2 is 2.44 bits per heavy atom. The molecule has 9 heavy (non-hydrogen) atoms. The third kappa shape index (κ3) is 0.927. The van der Waals surface area contributed by atoms with Crippen LogP contribution >= 0.6 is 0 Å². The van der Waals surface area contributed by atoms with Gasteiger partial charge in [-0.1, -0.05) is 13.3 Å². The Bertz CT molecular complexity index is 147. The molecule has 0 unspecified atom stereocenters. The molecule has 0 aromatic heterocycles. The van der Waals surface area contributed by atoms with E-state index >= 15 is 0 Å². The Labute approximate surface area is 55.7 Å². The lowest BCUT2D eigenvalue weighted by Crippen LogP contribution is -2.40. The van der Waals surface area contributed by atoms with Crippen molar-refractivity contribution in [1.82, 2.24) is 0 Å². The summed E-state index contributed by atoms with van der Waals surface area (Å²) < 4.78 is 0. The standard InChI is InChI=1S/C7H12N2/c1-6-3-2-4-7(6,9)5-8/h6H,2-4,9H2,1H3/t6-,7+/m0/s1. The maximum Gasteiger partial charge on any atom is 0.106 e. The third-order valence-electron chi connectivity index (χ3n) is 2.32. The summed E-state index contributed by atoms with van der Waals surface area (Å²) in [6.07, 6.45) is 3.11. The van der Waals surface area contributed by atoms with Gasteiger partial charge in [0.05, 0.1) is 6.07 Å². The average molecular weight is 124 g/mol. The van der Waals surface area contributed by atoms with Crippen LogP contribution in [0, 0.1) is 17.2 Å². The molecule has 1 aliphatic rings. The lowest BCUT2D eigenvalue weighted by Gasteiger charge is -2.18. The fraction of sp³-hybridized carbons (Fsp3) is 0.857. The van der Waals surface area contributed by atoms with Crippen LogP contribution in [0.4, 0.5) is 0 Å². The summed E-state index contributed by atoms with van der Waals surface area (Å²) in [5, 5.41) is 8.62. The van der Waals surface area contributed by atoms with E-state index in [1.54, 1.807) is 0 Å². The minimum absolute atomic E-state index is 0.391. The van der Waals surface area contributed by atoms with Crippen LogP contribution in [-0.2, 0) is 0 Å². The van der Waals surface area contributed by atoms with Crippen molar-refractivity contribution in [1.29, 1.82) is 5.26 Å². The van der Waals surface area contributed by atoms with E-state index in [9.17, 15) is 0 Å². The second kappa shape index (κ2) is 2.00.